The number of hydrogen-bond donors (Lipinski definition) is 0. The van der Waals surface area contributed by atoms with Gasteiger partial charge in [-0.25, -0.2) is 4.39 Å². The van der Waals surface area contributed by atoms with Gasteiger partial charge in [0.25, 0.3) is 0 Å². The minimum Gasteiger partial charge on any atom is -0.206 e. The summed E-state index contributed by atoms with van der Waals surface area (Å²) in [5, 5.41) is 0. The van der Waals surface area contributed by atoms with E-state index < -0.39 is 17.3 Å². The largest absolute Gasteiger partial charge is 0.301 e. The first-order valence-corrected chi connectivity index (χ1v) is 8.23. The van der Waals surface area contributed by atoms with Gasteiger partial charge in [-0.1, -0.05) is 55.2 Å². The lowest BCUT2D eigenvalue weighted by molar-refractivity contribution is 0.0388. The molecule has 0 aliphatic heterocycles. The van der Waals surface area contributed by atoms with Crippen LogP contribution in [-0.2, 0) is 5.92 Å². The first-order valence-electron chi connectivity index (χ1n) is 8.23. The third-order valence-corrected chi connectivity index (χ3v) is 4.82. The summed E-state index contributed by atoms with van der Waals surface area (Å²) >= 11 is 0. The highest BCUT2D eigenvalue weighted by atomic mass is 19.3. The SMILES string of the molecule is Cc1ccc(C(F)(F)c2ccc(C3CCCCC3)cc2F)cc1. The number of benzene rings is 2. The van der Waals surface area contributed by atoms with E-state index in [1.54, 1.807) is 18.2 Å². The molecule has 1 fully saturated rings. The second-order valence-electron chi connectivity index (χ2n) is 6.51. The van der Waals surface area contributed by atoms with Crippen LogP contribution in [-0.4, -0.2) is 0 Å². The van der Waals surface area contributed by atoms with Crippen LogP contribution in [0.2, 0.25) is 0 Å². The molecule has 0 saturated heterocycles. The predicted octanol–water partition coefficient (Wildman–Crippen LogP) is 6.32. The second-order valence-corrected chi connectivity index (χ2v) is 6.51. The minimum absolute atomic E-state index is 0.174. The van der Waals surface area contributed by atoms with Crippen LogP contribution in [0, 0.1) is 12.7 Å². The van der Waals surface area contributed by atoms with Gasteiger partial charge in [0.05, 0.1) is 5.56 Å². The van der Waals surface area contributed by atoms with Crippen molar-refractivity contribution in [3.05, 3.63) is 70.5 Å². The van der Waals surface area contributed by atoms with E-state index in [4.69, 9.17) is 0 Å². The average molecular weight is 318 g/mol. The molecular formula is C20H21F3. The highest BCUT2D eigenvalue weighted by molar-refractivity contribution is 5.38. The van der Waals surface area contributed by atoms with Crippen molar-refractivity contribution in [2.45, 2.75) is 50.9 Å². The van der Waals surface area contributed by atoms with Gasteiger partial charge < -0.3 is 0 Å². The van der Waals surface area contributed by atoms with E-state index in [0.29, 0.717) is 5.92 Å². The van der Waals surface area contributed by atoms with Crippen molar-refractivity contribution in [3.63, 3.8) is 0 Å². The summed E-state index contributed by atoms with van der Waals surface area (Å²) in [6, 6.07) is 10.2. The van der Waals surface area contributed by atoms with Crippen LogP contribution in [0.1, 0.15) is 60.3 Å². The van der Waals surface area contributed by atoms with E-state index in [1.165, 1.54) is 30.7 Å². The first-order chi connectivity index (χ1) is 11.0. The molecule has 1 aliphatic rings. The molecule has 23 heavy (non-hydrogen) atoms. The molecular weight excluding hydrogens is 297 g/mol. The van der Waals surface area contributed by atoms with Crippen molar-refractivity contribution in [2.24, 2.45) is 0 Å². The van der Waals surface area contributed by atoms with Crippen LogP contribution in [0.4, 0.5) is 13.2 Å². The van der Waals surface area contributed by atoms with E-state index in [2.05, 4.69) is 0 Å². The standard InChI is InChI=1S/C20H21F3/c1-14-7-10-17(11-8-14)20(22,23)18-12-9-16(13-19(18)21)15-5-3-2-4-6-15/h7-13,15H,2-6H2,1H3. The quantitative estimate of drug-likeness (QED) is 0.621. The number of hydrogen-bond acceptors (Lipinski definition) is 0. The molecule has 0 amide bonds. The molecule has 0 unspecified atom stereocenters. The fourth-order valence-electron chi connectivity index (χ4n) is 3.39. The van der Waals surface area contributed by atoms with Crippen molar-refractivity contribution < 1.29 is 13.2 Å². The Bertz CT molecular complexity index is 668. The second kappa shape index (κ2) is 6.38. The summed E-state index contributed by atoms with van der Waals surface area (Å²) in [4.78, 5) is 0. The molecule has 3 rings (SSSR count). The van der Waals surface area contributed by atoms with Crippen LogP contribution >= 0.6 is 0 Å². The summed E-state index contributed by atoms with van der Waals surface area (Å²) in [5.74, 6) is -3.82. The average Bonchev–Trinajstić information content (AvgIpc) is 2.56. The first kappa shape index (κ1) is 16.1. The predicted molar refractivity (Wildman–Crippen MR) is 86.4 cm³/mol. The van der Waals surface area contributed by atoms with Gasteiger partial charge in [-0.2, -0.15) is 8.78 Å². The molecule has 1 saturated carbocycles. The van der Waals surface area contributed by atoms with Crippen molar-refractivity contribution in [2.75, 3.05) is 0 Å². The Morgan fingerprint density at radius 1 is 0.913 bits per heavy atom. The van der Waals surface area contributed by atoms with Gasteiger partial charge in [0.2, 0.25) is 0 Å². The van der Waals surface area contributed by atoms with Crippen LogP contribution in [0.5, 0.6) is 0 Å². The molecule has 0 N–H and O–H groups in total. The fourth-order valence-corrected chi connectivity index (χ4v) is 3.39. The lowest BCUT2D eigenvalue weighted by Crippen LogP contribution is -2.18. The molecule has 0 spiro atoms. The highest BCUT2D eigenvalue weighted by Crippen LogP contribution is 2.39. The molecule has 2 aromatic rings. The smallest absolute Gasteiger partial charge is 0.206 e. The molecule has 122 valence electrons. The third-order valence-electron chi connectivity index (χ3n) is 4.82. The van der Waals surface area contributed by atoms with E-state index >= 15 is 0 Å². The molecule has 0 bridgehead atoms. The summed E-state index contributed by atoms with van der Waals surface area (Å²) in [6.45, 7) is 1.83. The van der Waals surface area contributed by atoms with Gasteiger partial charge in [-0.3, -0.25) is 0 Å². The Labute approximate surface area is 135 Å². The molecule has 1 aliphatic carbocycles. The fraction of sp³-hybridized carbons (Fsp3) is 0.400. The van der Waals surface area contributed by atoms with Crippen LogP contribution in [0.3, 0.4) is 0 Å². The summed E-state index contributed by atoms with van der Waals surface area (Å²) in [5.41, 5.74) is 1.04. The molecule has 0 aromatic heterocycles. The minimum atomic E-state index is -3.32. The van der Waals surface area contributed by atoms with Crippen molar-refractivity contribution in [1.29, 1.82) is 0 Å². The Morgan fingerprint density at radius 3 is 2.17 bits per heavy atom. The molecule has 3 heteroatoms. The van der Waals surface area contributed by atoms with Crippen molar-refractivity contribution >= 4 is 0 Å². The molecule has 0 heterocycles. The highest BCUT2D eigenvalue weighted by Gasteiger charge is 2.37. The normalized spacial score (nSPS) is 16.5. The van der Waals surface area contributed by atoms with Gasteiger partial charge >= 0.3 is 5.92 Å². The van der Waals surface area contributed by atoms with Gasteiger partial charge in [0.1, 0.15) is 5.82 Å². The van der Waals surface area contributed by atoms with E-state index in [-0.39, 0.29) is 5.56 Å². The lowest BCUT2D eigenvalue weighted by Gasteiger charge is -2.23. The molecule has 2 aromatic carbocycles. The maximum absolute atomic E-state index is 14.6. The van der Waals surface area contributed by atoms with E-state index in [0.717, 1.165) is 36.8 Å². The maximum Gasteiger partial charge on any atom is 0.301 e. The van der Waals surface area contributed by atoms with Crippen LogP contribution in [0.15, 0.2) is 42.5 Å². The molecule has 0 radical (unpaired) electrons. The third kappa shape index (κ3) is 3.29. The topological polar surface area (TPSA) is 0 Å². The zero-order chi connectivity index (χ0) is 16.4. The van der Waals surface area contributed by atoms with E-state index in [9.17, 15) is 13.2 Å². The van der Waals surface area contributed by atoms with Crippen molar-refractivity contribution in [3.8, 4) is 0 Å². The number of rotatable bonds is 3. The monoisotopic (exact) mass is 318 g/mol. The number of halogens is 3. The Balaban J connectivity index is 1.91. The van der Waals surface area contributed by atoms with E-state index in [1.807, 2.05) is 6.92 Å². The summed E-state index contributed by atoms with van der Waals surface area (Å²) in [7, 11) is 0. The Kier molecular flexibility index (Phi) is 4.47. The number of alkyl halides is 2. The zero-order valence-electron chi connectivity index (χ0n) is 13.3. The Morgan fingerprint density at radius 2 is 1.57 bits per heavy atom. The summed E-state index contributed by atoms with van der Waals surface area (Å²) in [6.07, 6.45) is 5.52. The lowest BCUT2D eigenvalue weighted by atomic mass is 9.83. The number of aryl methyl sites for hydroxylation is 1. The Hall–Kier alpha value is -1.77. The van der Waals surface area contributed by atoms with Gasteiger partial charge in [-0.05, 0) is 43.4 Å². The van der Waals surface area contributed by atoms with Gasteiger partial charge in [0.15, 0.2) is 0 Å². The van der Waals surface area contributed by atoms with Gasteiger partial charge in [-0.15, -0.1) is 0 Å². The van der Waals surface area contributed by atoms with Crippen LogP contribution < -0.4 is 0 Å². The summed E-state index contributed by atoms with van der Waals surface area (Å²) < 4.78 is 43.6. The molecule has 0 atom stereocenters. The zero-order valence-corrected chi connectivity index (χ0v) is 13.3. The maximum atomic E-state index is 14.6. The van der Waals surface area contributed by atoms with Gasteiger partial charge in [0, 0.05) is 5.56 Å². The molecule has 0 nitrogen and oxygen atoms in total. The van der Waals surface area contributed by atoms with Crippen LogP contribution in [0.25, 0.3) is 0 Å². The van der Waals surface area contributed by atoms with Crippen molar-refractivity contribution in [1.82, 2.24) is 0 Å².